The van der Waals surface area contributed by atoms with Crippen molar-refractivity contribution in [2.24, 2.45) is 11.8 Å². The number of amides is 2. The molecule has 5 aliphatic rings. The Bertz CT molecular complexity index is 1380. The van der Waals surface area contributed by atoms with Crippen molar-refractivity contribution in [2.45, 2.75) is 95.0 Å². The van der Waals surface area contributed by atoms with Gasteiger partial charge < -0.3 is 25.2 Å². The van der Waals surface area contributed by atoms with Crippen LogP contribution in [-0.2, 0) is 23.1 Å². The van der Waals surface area contributed by atoms with Gasteiger partial charge in [-0.2, -0.15) is 0 Å². The zero-order chi connectivity index (χ0) is 28.5. The molecule has 1 saturated heterocycles. The zero-order valence-electron chi connectivity index (χ0n) is 24.2. The number of phenolic OH excluding ortho intramolecular Hbond substituents is 1. The van der Waals surface area contributed by atoms with Gasteiger partial charge in [-0.15, -0.1) is 0 Å². The van der Waals surface area contributed by atoms with E-state index in [-0.39, 0.29) is 35.8 Å². The molecule has 2 aliphatic heterocycles. The van der Waals surface area contributed by atoms with Crippen molar-refractivity contribution in [3.63, 3.8) is 0 Å². The molecule has 3 N–H and O–H groups in total. The summed E-state index contributed by atoms with van der Waals surface area (Å²) in [6, 6.07) is 11.6. The number of likely N-dealkylation sites (tertiary alicyclic amines) is 1. The highest BCUT2D eigenvalue weighted by atomic mass is 16.6. The fourth-order valence-electron chi connectivity index (χ4n) is 8.20. The second-order valence-electron chi connectivity index (χ2n) is 13.8. The maximum Gasteiger partial charge on any atom is 0.407 e. The van der Waals surface area contributed by atoms with Gasteiger partial charge in [-0.1, -0.05) is 18.2 Å². The summed E-state index contributed by atoms with van der Waals surface area (Å²) in [7, 11) is 0. The van der Waals surface area contributed by atoms with Crippen LogP contribution < -0.4 is 15.4 Å². The predicted molar refractivity (Wildman–Crippen MR) is 154 cm³/mol. The van der Waals surface area contributed by atoms with E-state index in [1.54, 1.807) is 12.1 Å². The molecule has 3 aliphatic carbocycles. The molecule has 1 spiro atoms. The first-order valence-corrected chi connectivity index (χ1v) is 15.2. The molecule has 2 bridgehead atoms. The number of benzene rings is 2. The minimum atomic E-state index is -0.573. The number of hydrogen-bond donors (Lipinski definition) is 3. The molecule has 3 unspecified atom stereocenters. The number of aromatic hydroxyl groups is 1. The lowest BCUT2D eigenvalue weighted by Crippen LogP contribution is -2.69. The number of phenols is 1. The van der Waals surface area contributed by atoms with Crippen LogP contribution in [-0.4, -0.2) is 58.9 Å². The number of alkyl carbamates (subject to hydrolysis) is 1. The van der Waals surface area contributed by atoms with Crippen molar-refractivity contribution >= 4 is 12.0 Å². The topological polar surface area (TPSA) is 100 Å². The Morgan fingerprint density at radius 1 is 1.15 bits per heavy atom. The highest BCUT2D eigenvalue weighted by molar-refractivity contribution is 5.94. The quantitative estimate of drug-likeness (QED) is 0.476. The van der Waals surface area contributed by atoms with Crippen molar-refractivity contribution in [1.29, 1.82) is 0 Å². The average molecular weight is 560 g/mol. The van der Waals surface area contributed by atoms with Crippen LogP contribution in [0.15, 0.2) is 36.4 Å². The summed E-state index contributed by atoms with van der Waals surface area (Å²) >= 11 is 0. The number of piperidine rings is 1. The number of ether oxygens (including phenoxy) is 2. The third-order valence-electron chi connectivity index (χ3n) is 9.96. The Hall–Kier alpha value is -3.26. The van der Waals surface area contributed by atoms with Gasteiger partial charge in [0, 0.05) is 35.7 Å². The number of nitrogens with one attached hydrogen (secondary N) is 2. The smallest absolute Gasteiger partial charge is 0.407 e. The Kier molecular flexibility index (Phi) is 6.27. The minimum Gasteiger partial charge on any atom is -0.504 e. The second-order valence-corrected chi connectivity index (χ2v) is 13.8. The molecule has 8 heteroatoms. The molecule has 2 amide bonds. The molecular weight excluding hydrogens is 518 g/mol. The maximum atomic E-state index is 13.6. The van der Waals surface area contributed by atoms with Gasteiger partial charge in [0.15, 0.2) is 11.5 Å². The standard InChI is InChI=1S/C33H41N3O5/c1-32(2,3)41-31(39)34-17-20-5-4-6-22(15-20)30(38)35-24-11-10-23-25-16-21-9-12-26(37)28-27(21)33(23,29(24)40-28)13-14-36(25)18-19-7-8-19/h4-6,9,12,15,19,23-25,29,37H,7-8,10-11,13-14,16-18H2,1-3H3,(H,34,39)(H,35,38)/t23?,24-,25?,29?,33+/m1/s1. The number of rotatable bonds is 6. The van der Waals surface area contributed by atoms with Crippen LogP contribution in [0, 0.1) is 11.8 Å². The molecular formula is C33H41N3O5. The van der Waals surface area contributed by atoms with Crippen LogP contribution in [0.2, 0.25) is 0 Å². The van der Waals surface area contributed by atoms with Crippen LogP contribution in [0.1, 0.15) is 79.9 Å². The Labute approximate surface area is 241 Å². The highest BCUT2D eigenvalue weighted by Gasteiger charge is 2.66. The number of hydrogen-bond acceptors (Lipinski definition) is 6. The predicted octanol–water partition coefficient (Wildman–Crippen LogP) is 4.66. The Balaban J connectivity index is 1.11. The van der Waals surface area contributed by atoms with E-state index in [1.807, 2.05) is 39.0 Å². The zero-order valence-corrected chi connectivity index (χ0v) is 24.2. The fraction of sp³-hybridized carbons (Fsp3) is 0.576. The Morgan fingerprint density at radius 2 is 1.98 bits per heavy atom. The van der Waals surface area contributed by atoms with Crippen molar-refractivity contribution in [1.82, 2.24) is 15.5 Å². The molecule has 2 heterocycles. The first-order chi connectivity index (χ1) is 19.6. The van der Waals surface area contributed by atoms with Crippen molar-refractivity contribution < 1.29 is 24.2 Å². The van der Waals surface area contributed by atoms with E-state index in [9.17, 15) is 14.7 Å². The third-order valence-corrected chi connectivity index (χ3v) is 9.96. The van der Waals surface area contributed by atoms with Crippen LogP contribution in [0.5, 0.6) is 11.5 Å². The summed E-state index contributed by atoms with van der Waals surface area (Å²) in [4.78, 5) is 28.4. The number of carbonyl (C=O) groups is 2. The van der Waals surface area contributed by atoms with E-state index >= 15 is 0 Å². The maximum absolute atomic E-state index is 13.6. The van der Waals surface area contributed by atoms with Gasteiger partial charge in [0.1, 0.15) is 11.7 Å². The number of nitrogens with zero attached hydrogens (tertiary/aromatic N) is 1. The van der Waals surface area contributed by atoms with E-state index in [4.69, 9.17) is 9.47 Å². The molecule has 2 saturated carbocycles. The molecule has 7 rings (SSSR count). The van der Waals surface area contributed by atoms with E-state index in [0.29, 0.717) is 23.3 Å². The summed E-state index contributed by atoms with van der Waals surface area (Å²) in [6.45, 7) is 7.98. The van der Waals surface area contributed by atoms with E-state index in [2.05, 4.69) is 21.6 Å². The van der Waals surface area contributed by atoms with Gasteiger partial charge in [0.05, 0.1) is 6.04 Å². The first-order valence-electron chi connectivity index (χ1n) is 15.2. The minimum absolute atomic E-state index is 0.147. The summed E-state index contributed by atoms with van der Waals surface area (Å²) in [6.07, 6.45) is 5.91. The first kappa shape index (κ1) is 26.6. The van der Waals surface area contributed by atoms with Gasteiger partial charge in [-0.3, -0.25) is 9.69 Å². The van der Waals surface area contributed by atoms with E-state index < -0.39 is 11.7 Å². The lowest BCUT2D eigenvalue weighted by Gasteiger charge is -2.59. The monoisotopic (exact) mass is 559 g/mol. The van der Waals surface area contributed by atoms with Crippen LogP contribution in [0.25, 0.3) is 0 Å². The lowest BCUT2D eigenvalue weighted by atomic mass is 9.51. The lowest BCUT2D eigenvalue weighted by molar-refractivity contribution is -0.0647. The molecule has 5 atom stereocenters. The van der Waals surface area contributed by atoms with Gasteiger partial charge >= 0.3 is 6.09 Å². The SMILES string of the molecule is CC(C)(C)OC(=O)NCc1cccc(C(=O)N[C@@H]2CCC3C4Cc5ccc(O)c6c5[C@@]3(CCN4CC3CC3)C2O6)c1. The molecule has 2 aromatic rings. The van der Waals surface area contributed by atoms with Gasteiger partial charge in [0.2, 0.25) is 0 Å². The molecule has 2 aromatic carbocycles. The van der Waals surface area contributed by atoms with Crippen molar-refractivity contribution in [3.05, 3.63) is 58.7 Å². The van der Waals surface area contributed by atoms with Crippen molar-refractivity contribution in [2.75, 3.05) is 13.1 Å². The Morgan fingerprint density at radius 3 is 2.76 bits per heavy atom. The molecule has 0 aromatic heterocycles. The molecule has 8 nitrogen and oxygen atoms in total. The summed E-state index contributed by atoms with van der Waals surface area (Å²) < 4.78 is 12.0. The average Bonchev–Trinajstić information content (AvgIpc) is 3.68. The second kappa shape index (κ2) is 9.65. The van der Waals surface area contributed by atoms with Crippen molar-refractivity contribution in [3.8, 4) is 11.5 Å². The summed E-state index contributed by atoms with van der Waals surface area (Å²) in [5, 5.41) is 16.9. The highest BCUT2D eigenvalue weighted by Crippen LogP contribution is 2.64. The summed E-state index contributed by atoms with van der Waals surface area (Å²) in [5.74, 6) is 2.02. The van der Waals surface area contributed by atoms with Crippen LogP contribution in [0.3, 0.4) is 0 Å². The summed E-state index contributed by atoms with van der Waals surface area (Å²) in [5.41, 5.74) is 3.14. The molecule has 0 radical (unpaired) electrons. The van der Waals surface area contributed by atoms with Gasteiger partial charge in [-0.25, -0.2) is 4.79 Å². The van der Waals surface area contributed by atoms with Gasteiger partial charge in [-0.05, 0) is 107 Å². The normalized spacial score (nSPS) is 29.7. The third kappa shape index (κ3) is 4.64. The van der Waals surface area contributed by atoms with Crippen LogP contribution in [0.4, 0.5) is 4.79 Å². The van der Waals surface area contributed by atoms with E-state index in [0.717, 1.165) is 43.7 Å². The molecule has 3 fully saturated rings. The largest absolute Gasteiger partial charge is 0.504 e. The number of carbonyl (C=O) groups excluding carboxylic acids is 2. The van der Waals surface area contributed by atoms with Gasteiger partial charge in [0.25, 0.3) is 5.91 Å². The molecule has 41 heavy (non-hydrogen) atoms. The molecule has 218 valence electrons. The van der Waals surface area contributed by atoms with Crippen LogP contribution >= 0.6 is 0 Å². The van der Waals surface area contributed by atoms with E-state index in [1.165, 1.54) is 30.5 Å². The fourth-order valence-corrected chi connectivity index (χ4v) is 8.20.